The molecular formula is C25H30ClN9O6S. The zero-order chi connectivity index (χ0) is 30.3. The summed E-state index contributed by atoms with van der Waals surface area (Å²) in [4.78, 5) is 50.7. The lowest BCUT2D eigenvalue weighted by atomic mass is 9.69. The Morgan fingerprint density at radius 2 is 1.83 bits per heavy atom. The first kappa shape index (κ1) is 29.5. The fourth-order valence-corrected chi connectivity index (χ4v) is 6.52. The molecule has 5 rings (SSSR count). The van der Waals surface area contributed by atoms with E-state index in [0.717, 1.165) is 6.42 Å². The van der Waals surface area contributed by atoms with E-state index in [1.165, 1.54) is 18.2 Å². The van der Waals surface area contributed by atoms with E-state index in [-0.39, 0.29) is 51.4 Å². The number of nitrogens with one attached hydrogen (secondary N) is 3. The van der Waals surface area contributed by atoms with Gasteiger partial charge in [0.15, 0.2) is 28.4 Å². The topological polar surface area (TPSA) is 235 Å². The highest BCUT2D eigenvalue weighted by Crippen LogP contribution is 2.40. The van der Waals surface area contributed by atoms with Crippen LogP contribution in [-0.4, -0.2) is 83.9 Å². The number of carboxylic acids is 1. The van der Waals surface area contributed by atoms with Crippen molar-refractivity contribution in [2.75, 3.05) is 37.6 Å². The van der Waals surface area contributed by atoms with Gasteiger partial charge in [0.05, 0.1) is 15.8 Å². The molecule has 3 fully saturated rings. The van der Waals surface area contributed by atoms with Crippen molar-refractivity contribution in [2.24, 2.45) is 10.4 Å². The molecule has 2 aromatic rings. The largest absolute Gasteiger partial charge is 0.481 e. The number of carboxylic acid groups (broad SMARTS) is 1. The van der Waals surface area contributed by atoms with Crippen molar-refractivity contribution < 1.29 is 27.9 Å². The fourth-order valence-electron chi connectivity index (χ4n) is 5.22. The van der Waals surface area contributed by atoms with Gasteiger partial charge in [0.1, 0.15) is 0 Å². The third-order valence-corrected chi connectivity index (χ3v) is 9.74. The van der Waals surface area contributed by atoms with Gasteiger partial charge in [-0.25, -0.2) is 23.1 Å². The number of nitrogen functional groups attached to an aromatic ring is 2. The van der Waals surface area contributed by atoms with E-state index in [1.54, 1.807) is 11.0 Å². The lowest BCUT2D eigenvalue weighted by Gasteiger charge is -2.38. The van der Waals surface area contributed by atoms with Crippen LogP contribution in [0.2, 0.25) is 5.15 Å². The number of sulfonamides is 1. The van der Waals surface area contributed by atoms with Crippen LogP contribution in [0.25, 0.3) is 0 Å². The summed E-state index contributed by atoms with van der Waals surface area (Å²) in [6.07, 6.45) is 2.62. The molecular weight excluding hydrogens is 590 g/mol. The smallest absolute Gasteiger partial charge is 0.310 e. The second kappa shape index (κ2) is 11.0. The van der Waals surface area contributed by atoms with Crippen LogP contribution in [0.3, 0.4) is 0 Å². The maximum absolute atomic E-state index is 13.3. The highest BCUT2D eigenvalue weighted by Gasteiger charge is 2.45. The molecule has 0 radical (unpaired) electrons. The molecule has 1 aromatic carbocycles. The molecule has 42 heavy (non-hydrogen) atoms. The second-order valence-electron chi connectivity index (χ2n) is 10.7. The molecule has 2 aliphatic heterocycles. The van der Waals surface area contributed by atoms with Crippen LogP contribution in [0, 0.1) is 5.41 Å². The molecule has 1 saturated carbocycles. The highest BCUT2D eigenvalue weighted by atomic mass is 35.5. The number of hydrogen-bond acceptors (Lipinski definition) is 9. The number of carbonyl (C=O) groups excluding carboxylic acids is 2. The Bertz CT molecular complexity index is 1590. The predicted molar refractivity (Wildman–Crippen MR) is 152 cm³/mol. The molecule has 1 aromatic heterocycles. The standard InChI is InChI=1S/C25H30ClN9O6S/c26-17-19(28)32-18(27)16(31-17)20(36)33-23-29-13-25(34-23)7-9-35(10-8-25)21(37)14-3-1-4-15(11-14)42(40,41)30-12-24(22(38)39)5-2-6-24/h1,3-4,11,30H,2,5-10,12-13H2,(H,38,39)(H4,27,28,32)(H2,29,33,34,36). The number of amides is 2. The van der Waals surface area contributed by atoms with Crippen molar-refractivity contribution in [2.45, 2.75) is 42.5 Å². The molecule has 0 bridgehead atoms. The summed E-state index contributed by atoms with van der Waals surface area (Å²) in [6, 6.07) is 5.69. The average molecular weight is 620 g/mol. The Morgan fingerprint density at radius 3 is 2.48 bits per heavy atom. The van der Waals surface area contributed by atoms with Gasteiger partial charge >= 0.3 is 11.9 Å². The summed E-state index contributed by atoms with van der Waals surface area (Å²) in [6.45, 7) is 1.000. The first-order valence-electron chi connectivity index (χ1n) is 13.2. The first-order chi connectivity index (χ1) is 19.8. The molecule has 8 N–H and O–H groups in total. The average Bonchev–Trinajstić information content (AvgIpc) is 3.31. The van der Waals surface area contributed by atoms with Gasteiger partial charge in [0.2, 0.25) is 10.0 Å². The second-order valence-corrected chi connectivity index (χ2v) is 12.9. The summed E-state index contributed by atoms with van der Waals surface area (Å²) in [5, 5.41) is 15.6. The van der Waals surface area contributed by atoms with Gasteiger partial charge in [-0.15, -0.1) is 0 Å². The molecule has 3 heterocycles. The number of rotatable bonds is 7. The van der Waals surface area contributed by atoms with Crippen LogP contribution in [0.1, 0.15) is 53.0 Å². The number of nitrogens with two attached hydrogens (primary N) is 2. The zero-order valence-corrected chi connectivity index (χ0v) is 24.0. The van der Waals surface area contributed by atoms with Crippen LogP contribution >= 0.6 is 11.6 Å². The Kier molecular flexibility index (Phi) is 7.72. The highest BCUT2D eigenvalue weighted by molar-refractivity contribution is 7.89. The van der Waals surface area contributed by atoms with Gasteiger partial charge in [0, 0.05) is 31.7 Å². The Morgan fingerprint density at radius 1 is 1.12 bits per heavy atom. The van der Waals surface area contributed by atoms with Gasteiger partial charge in [-0.3, -0.25) is 14.4 Å². The van der Waals surface area contributed by atoms with E-state index in [9.17, 15) is 27.9 Å². The van der Waals surface area contributed by atoms with Gasteiger partial charge in [0.25, 0.3) is 5.91 Å². The number of carbonyl (C=O) groups is 3. The third kappa shape index (κ3) is 5.69. The molecule has 1 aliphatic carbocycles. The number of aromatic nitrogens is 2. The van der Waals surface area contributed by atoms with Crippen molar-refractivity contribution in [3.05, 3.63) is 40.7 Å². The van der Waals surface area contributed by atoms with Crippen LogP contribution in [0.5, 0.6) is 0 Å². The Hall–Kier alpha value is -4.02. The third-order valence-electron chi connectivity index (χ3n) is 8.06. The van der Waals surface area contributed by atoms with Crippen LogP contribution in [0.4, 0.5) is 11.6 Å². The van der Waals surface area contributed by atoms with Crippen molar-refractivity contribution >= 4 is 57.0 Å². The van der Waals surface area contributed by atoms with Crippen molar-refractivity contribution in [1.82, 2.24) is 30.2 Å². The predicted octanol–water partition coefficient (Wildman–Crippen LogP) is 0.192. The van der Waals surface area contributed by atoms with Crippen molar-refractivity contribution in [3.63, 3.8) is 0 Å². The summed E-state index contributed by atoms with van der Waals surface area (Å²) in [5.74, 6) is -2.17. The van der Waals surface area contributed by atoms with Crippen LogP contribution < -0.4 is 26.8 Å². The van der Waals surface area contributed by atoms with Gasteiger partial charge in [-0.2, -0.15) is 4.99 Å². The lowest BCUT2D eigenvalue weighted by Crippen LogP contribution is -2.53. The van der Waals surface area contributed by atoms with Gasteiger partial charge in [-0.05, 0) is 43.9 Å². The maximum Gasteiger partial charge on any atom is 0.310 e. The molecule has 15 nitrogen and oxygen atoms in total. The number of benzene rings is 1. The monoisotopic (exact) mass is 619 g/mol. The molecule has 2 saturated heterocycles. The molecule has 17 heteroatoms. The summed E-state index contributed by atoms with van der Waals surface area (Å²) < 4.78 is 28.2. The number of anilines is 2. The number of guanidine groups is 1. The number of aliphatic carboxylic acids is 1. The van der Waals surface area contributed by atoms with E-state index in [4.69, 9.17) is 23.1 Å². The minimum Gasteiger partial charge on any atom is -0.481 e. The Labute approximate surface area is 246 Å². The quantitative estimate of drug-likeness (QED) is 0.244. The van der Waals surface area contributed by atoms with Gasteiger partial charge < -0.3 is 32.1 Å². The summed E-state index contributed by atoms with van der Waals surface area (Å²) >= 11 is 5.86. The molecule has 1 spiro atoms. The number of piperidine rings is 1. The van der Waals surface area contributed by atoms with E-state index in [2.05, 4.69) is 30.3 Å². The summed E-state index contributed by atoms with van der Waals surface area (Å²) in [7, 11) is -4.02. The minimum absolute atomic E-state index is 0.0987. The molecule has 0 unspecified atom stereocenters. The molecule has 0 atom stereocenters. The van der Waals surface area contributed by atoms with Crippen molar-refractivity contribution in [1.29, 1.82) is 0 Å². The van der Waals surface area contributed by atoms with Crippen LogP contribution in [0.15, 0.2) is 34.2 Å². The first-order valence-corrected chi connectivity index (χ1v) is 15.1. The number of hydrogen-bond donors (Lipinski definition) is 6. The van der Waals surface area contributed by atoms with Gasteiger partial charge in [-0.1, -0.05) is 24.1 Å². The van der Waals surface area contributed by atoms with E-state index in [0.29, 0.717) is 45.3 Å². The van der Waals surface area contributed by atoms with Crippen molar-refractivity contribution in [3.8, 4) is 0 Å². The number of halogens is 1. The SMILES string of the molecule is Nc1nc(N)c(C(=O)/N=C2\NCC3(CCN(C(=O)c4cccc(S(=O)(=O)NCC5(C(=O)O)CCC5)c4)CC3)N2)nc1Cl. The summed E-state index contributed by atoms with van der Waals surface area (Å²) in [5.41, 5.74) is 9.73. The maximum atomic E-state index is 13.3. The zero-order valence-electron chi connectivity index (χ0n) is 22.4. The molecule has 3 aliphatic rings. The fraction of sp³-hybridized carbons (Fsp3) is 0.440. The molecule has 2 amide bonds. The van der Waals surface area contributed by atoms with Crippen LogP contribution in [-0.2, 0) is 14.8 Å². The van der Waals surface area contributed by atoms with E-state index in [1.807, 2.05) is 0 Å². The Balaban J connectivity index is 1.20. The lowest BCUT2D eigenvalue weighted by molar-refractivity contribution is -0.153. The minimum atomic E-state index is -4.02. The number of aliphatic imine (C=N–C) groups is 1. The molecule has 224 valence electrons. The number of likely N-dealkylation sites (tertiary alicyclic amines) is 1. The number of nitrogens with zero attached hydrogens (tertiary/aromatic N) is 4. The van der Waals surface area contributed by atoms with E-state index >= 15 is 0 Å². The normalized spacial score (nSPS) is 20.0. The van der Waals surface area contributed by atoms with E-state index < -0.39 is 32.9 Å².